The predicted octanol–water partition coefficient (Wildman–Crippen LogP) is 4.02. The number of nitrogens with zero attached hydrogens (tertiary/aromatic N) is 6. The standard InChI is InChI=1S/C24H33N7.HI/c1-18-10-12-29(16-23(18)30-13-11-26-17-30)24(25-4)27-14-22-19(2)28-31(20(22)3)15-21-8-6-5-7-9-21;/h5-9,11,13,17-18,23H,10,12,14-16H2,1-4H3,(H,25,27);1H. The Labute approximate surface area is 208 Å². The molecule has 2 atom stereocenters. The minimum absolute atomic E-state index is 0. The Balaban J connectivity index is 0.00000289. The van der Waals surface area contributed by atoms with Crippen molar-refractivity contribution in [2.75, 3.05) is 20.1 Å². The van der Waals surface area contributed by atoms with Crippen LogP contribution in [0, 0.1) is 19.8 Å². The fraction of sp³-hybridized carbons (Fsp3) is 0.458. The summed E-state index contributed by atoms with van der Waals surface area (Å²) in [6, 6.07) is 10.9. The van der Waals surface area contributed by atoms with Crippen molar-refractivity contribution >= 4 is 29.9 Å². The van der Waals surface area contributed by atoms with Gasteiger partial charge in [0.25, 0.3) is 0 Å². The number of rotatable bonds is 5. The Bertz CT molecular complexity index is 1010. The summed E-state index contributed by atoms with van der Waals surface area (Å²) < 4.78 is 4.33. The van der Waals surface area contributed by atoms with E-state index in [0.717, 1.165) is 44.3 Å². The number of nitrogens with one attached hydrogen (secondary N) is 1. The molecule has 1 aliphatic rings. The molecule has 2 aromatic heterocycles. The molecule has 3 aromatic rings. The van der Waals surface area contributed by atoms with Crippen molar-refractivity contribution in [3.8, 4) is 0 Å². The molecular weight excluding hydrogens is 513 g/mol. The number of hydrogen-bond donors (Lipinski definition) is 1. The largest absolute Gasteiger partial charge is 0.352 e. The maximum atomic E-state index is 4.79. The van der Waals surface area contributed by atoms with E-state index in [2.05, 4.69) is 80.7 Å². The molecule has 0 saturated carbocycles. The molecule has 32 heavy (non-hydrogen) atoms. The topological polar surface area (TPSA) is 63.3 Å². The first-order valence-corrected chi connectivity index (χ1v) is 11.1. The van der Waals surface area contributed by atoms with E-state index in [1.54, 1.807) is 0 Å². The third-order valence-corrected chi connectivity index (χ3v) is 6.47. The summed E-state index contributed by atoms with van der Waals surface area (Å²) in [5.74, 6) is 1.57. The van der Waals surface area contributed by atoms with Gasteiger partial charge in [-0.05, 0) is 31.7 Å². The van der Waals surface area contributed by atoms with E-state index in [-0.39, 0.29) is 24.0 Å². The quantitative estimate of drug-likeness (QED) is 0.298. The molecule has 0 aliphatic carbocycles. The van der Waals surface area contributed by atoms with E-state index < -0.39 is 0 Å². The fourth-order valence-electron chi connectivity index (χ4n) is 4.49. The average Bonchev–Trinajstić information content (AvgIpc) is 3.40. The number of aromatic nitrogens is 4. The van der Waals surface area contributed by atoms with Crippen LogP contribution < -0.4 is 5.32 Å². The first-order valence-electron chi connectivity index (χ1n) is 11.1. The second kappa shape index (κ2) is 11.0. The van der Waals surface area contributed by atoms with Crippen molar-refractivity contribution in [3.63, 3.8) is 0 Å². The molecule has 2 unspecified atom stereocenters. The van der Waals surface area contributed by atoms with Crippen molar-refractivity contribution in [1.29, 1.82) is 0 Å². The highest BCUT2D eigenvalue weighted by atomic mass is 127. The van der Waals surface area contributed by atoms with Crippen molar-refractivity contribution in [1.82, 2.24) is 29.5 Å². The summed E-state index contributed by atoms with van der Waals surface area (Å²) in [5, 5.41) is 8.38. The molecule has 7 nitrogen and oxygen atoms in total. The normalized spacial score (nSPS) is 19.0. The lowest BCUT2D eigenvalue weighted by Gasteiger charge is -2.39. The summed E-state index contributed by atoms with van der Waals surface area (Å²) in [6.07, 6.45) is 6.98. The third kappa shape index (κ3) is 5.33. The maximum Gasteiger partial charge on any atom is 0.193 e. The smallest absolute Gasteiger partial charge is 0.193 e. The van der Waals surface area contributed by atoms with Crippen LogP contribution in [0.15, 0.2) is 54.0 Å². The molecule has 172 valence electrons. The molecule has 0 bridgehead atoms. The number of aryl methyl sites for hydroxylation is 1. The molecular formula is C24H34IN7. The van der Waals surface area contributed by atoms with Gasteiger partial charge in [-0.1, -0.05) is 37.3 Å². The number of aliphatic imine (C=N–C) groups is 1. The van der Waals surface area contributed by atoms with E-state index in [0.29, 0.717) is 12.0 Å². The predicted molar refractivity (Wildman–Crippen MR) is 139 cm³/mol. The minimum atomic E-state index is 0. The Kier molecular flexibility index (Phi) is 8.33. The van der Waals surface area contributed by atoms with E-state index in [9.17, 15) is 0 Å². The molecule has 0 amide bonds. The Morgan fingerprint density at radius 2 is 2.00 bits per heavy atom. The molecule has 0 radical (unpaired) electrons. The van der Waals surface area contributed by atoms with Gasteiger partial charge in [-0.25, -0.2) is 4.98 Å². The van der Waals surface area contributed by atoms with Gasteiger partial charge in [0.15, 0.2) is 5.96 Å². The van der Waals surface area contributed by atoms with Gasteiger partial charge in [0, 0.05) is 50.3 Å². The molecule has 4 rings (SSSR count). The lowest BCUT2D eigenvalue weighted by molar-refractivity contribution is 0.189. The third-order valence-electron chi connectivity index (χ3n) is 6.47. The van der Waals surface area contributed by atoms with Crippen LogP contribution in [0.3, 0.4) is 0 Å². The maximum absolute atomic E-state index is 4.79. The van der Waals surface area contributed by atoms with E-state index in [4.69, 9.17) is 5.10 Å². The molecule has 3 heterocycles. The van der Waals surface area contributed by atoms with Crippen molar-refractivity contribution in [3.05, 3.63) is 71.6 Å². The summed E-state index contributed by atoms with van der Waals surface area (Å²) in [6.45, 7) is 10.0. The van der Waals surface area contributed by atoms with Crippen LogP contribution in [0.4, 0.5) is 0 Å². The molecule has 1 fully saturated rings. The number of imidazole rings is 1. The highest BCUT2D eigenvalue weighted by Gasteiger charge is 2.29. The van der Waals surface area contributed by atoms with Crippen LogP contribution in [0.1, 0.15) is 41.9 Å². The monoisotopic (exact) mass is 547 g/mol. The molecule has 1 saturated heterocycles. The van der Waals surface area contributed by atoms with Crippen molar-refractivity contribution in [2.24, 2.45) is 10.9 Å². The van der Waals surface area contributed by atoms with E-state index >= 15 is 0 Å². The number of benzene rings is 1. The van der Waals surface area contributed by atoms with Gasteiger partial charge >= 0.3 is 0 Å². The fourth-order valence-corrected chi connectivity index (χ4v) is 4.49. The number of guanidine groups is 1. The molecule has 8 heteroatoms. The summed E-state index contributed by atoms with van der Waals surface area (Å²) in [4.78, 5) is 11.2. The first kappa shape index (κ1) is 24.3. The molecule has 0 spiro atoms. The van der Waals surface area contributed by atoms with Crippen molar-refractivity contribution < 1.29 is 0 Å². The highest BCUT2D eigenvalue weighted by molar-refractivity contribution is 14.0. The number of halogens is 1. The van der Waals surface area contributed by atoms with Gasteiger partial charge in [0.1, 0.15) is 0 Å². The van der Waals surface area contributed by atoms with Crippen molar-refractivity contribution in [2.45, 2.75) is 46.3 Å². The summed E-state index contributed by atoms with van der Waals surface area (Å²) in [5.41, 5.74) is 4.78. The second-order valence-corrected chi connectivity index (χ2v) is 8.48. The lowest BCUT2D eigenvalue weighted by Crippen LogP contribution is -2.48. The van der Waals surface area contributed by atoms with E-state index in [1.807, 2.05) is 25.6 Å². The molecule has 1 N–H and O–H groups in total. The number of hydrogen-bond acceptors (Lipinski definition) is 3. The SMILES string of the molecule is CN=C(NCc1c(C)nn(Cc2ccccc2)c1C)N1CCC(C)C(n2ccnc2)C1.I. The zero-order valence-corrected chi connectivity index (χ0v) is 21.7. The van der Waals surface area contributed by atoms with Gasteiger partial charge in [0.05, 0.1) is 24.6 Å². The minimum Gasteiger partial charge on any atom is -0.352 e. The molecule has 1 aromatic carbocycles. The van der Waals surface area contributed by atoms with Gasteiger partial charge < -0.3 is 14.8 Å². The Morgan fingerprint density at radius 3 is 2.69 bits per heavy atom. The van der Waals surface area contributed by atoms with Crippen LogP contribution in [0.5, 0.6) is 0 Å². The van der Waals surface area contributed by atoms with Crippen LogP contribution in [-0.2, 0) is 13.1 Å². The van der Waals surface area contributed by atoms with Crippen LogP contribution in [0.25, 0.3) is 0 Å². The zero-order chi connectivity index (χ0) is 21.8. The molecule has 1 aliphatic heterocycles. The summed E-state index contributed by atoms with van der Waals surface area (Å²) >= 11 is 0. The Morgan fingerprint density at radius 1 is 1.22 bits per heavy atom. The van der Waals surface area contributed by atoms with E-state index in [1.165, 1.54) is 16.8 Å². The first-order chi connectivity index (χ1) is 15.1. The highest BCUT2D eigenvalue weighted by Crippen LogP contribution is 2.27. The second-order valence-electron chi connectivity index (χ2n) is 8.48. The zero-order valence-electron chi connectivity index (χ0n) is 19.4. The van der Waals surface area contributed by atoms with Crippen LogP contribution in [0.2, 0.25) is 0 Å². The van der Waals surface area contributed by atoms with Gasteiger partial charge in [-0.15, -0.1) is 24.0 Å². The Hall–Kier alpha value is -2.36. The van der Waals surface area contributed by atoms with Gasteiger partial charge in [-0.2, -0.15) is 5.10 Å². The van der Waals surface area contributed by atoms with Gasteiger partial charge in [0.2, 0.25) is 0 Å². The van der Waals surface area contributed by atoms with Crippen LogP contribution >= 0.6 is 24.0 Å². The van der Waals surface area contributed by atoms with Gasteiger partial charge in [-0.3, -0.25) is 9.67 Å². The summed E-state index contributed by atoms with van der Waals surface area (Å²) in [7, 11) is 1.87. The van der Waals surface area contributed by atoms with Crippen LogP contribution in [-0.4, -0.2) is 50.3 Å². The lowest BCUT2D eigenvalue weighted by atomic mass is 9.93. The average molecular weight is 547 g/mol. The number of likely N-dealkylation sites (tertiary alicyclic amines) is 1. The number of piperidine rings is 1.